The van der Waals surface area contributed by atoms with Gasteiger partial charge in [-0.25, -0.2) is 9.80 Å². The standard InChI is InChI=1S/C24H33N3O6S/c1-24(2,3)23(32)33-15-34-19(14-16-8-5-4-6-9-16)20(28)25-17-11-13-26-12-7-10-18(22(30)31)27(26)21(17)29/h4-6,8-9,17-19H,7,10-15H2,1-3H3,(H,25,28)(H,30,31)/t17?,18-,19-/m0/s1. The van der Waals surface area contributed by atoms with Gasteiger partial charge in [0.2, 0.25) is 5.91 Å². The topological polar surface area (TPSA) is 116 Å². The Morgan fingerprint density at radius 3 is 2.53 bits per heavy atom. The number of nitrogens with one attached hydrogen (secondary N) is 1. The number of hydrogen-bond donors (Lipinski definition) is 2. The number of carboxylic acid groups (broad SMARTS) is 1. The highest BCUT2D eigenvalue weighted by molar-refractivity contribution is 8.00. The first kappa shape index (κ1) is 26.0. The van der Waals surface area contributed by atoms with Crippen molar-refractivity contribution in [1.82, 2.24) is 15.3 Å². The summed E-state index contributed by atoms with van der Waals surface area (Å²) in [6.45, 7) is 6.41. The fourth-order valence-electron chi connectivity index (χ4n) is 4.04. The number of carbonyl (C=O) groups excluding carboxylic acids is 3. The Kier molecular flexibility index (Phi) is 8.59. The number of hydrazine groups is 1. The summed E-state index contributed by atoms with van der Waals surface area (Å²) in [4.78, 5) is 50.2. The number of benzene rings is 1. The molecule has 2 aliphatic rings. The largest absolute Gasteiger partial charge is 0.480 e. The Labute approximate surface area is 204 Å². The van der Waals surface area contributed by atoms with E-state index in [1.807, 2.05) is 30.3 Å². The van der Waals surface area contributed by atoms with Gasteiger partial charge in [0.05, 0.1) is 10.7 Å². The SMILES string of the molecule is CC(C)(C)C(=O)OCS[C@@H](Cc1ccccc1)C(=O)NC1CCN2CCC[C@@H](C(=O)O)N2C1=O. The zero-order valence-electron chi connectivity index (χ0n) is 19.9. The molecule has 3 atom stereocenters. The van der Waals surface area contributed by atoms with E-state index in [1.165, 1.54) is 16.8 Å². The van der Waals surface area contributed by atoms with Crippen molar-refractivity contribution >= 4 is 35.5 Å². The predicted octanol–water partition coefficient (Wildman–Crippen LogP) is 2.06. The maximum atomic E-state index is 13.2. The van der Waals surface area contributed by atoms with E-state index in [4.69, 9.17) is 4.74 Å². The monoisotopic (exact) mass is 491 g/mol. The van der Waals surface area contributed by atoms with Crippen molar-refractivity contribution in [1.29, 1.82) is 0 Å². The lowest BCUT2D eigenvalue weighted by Gasteiger charge is -2.47. The lowest BCUT2D eigenvalue weighted by atomic mass is 9.98. The van der Waals surface area contributed by atoms with Crippen molar-refractivity contribution in [3.63, 3.8) is 0 Å². The lowest BCUT2D eigenvalue weighted by molar-refractivity contribution is -0.183. The van der Waals surface area contributed by atoms with E-state index in [9.17, 15) is 24.3 Å². The number of thioether (sulfide) groups is 1. The molecule has 9 nitrogen and oxygen atoms in total. The van der Waals surface area contributed by atoms with Crippen LogP contribution in [0.3, 0.4) is 0 Å². The van der Waals surface area contributed by atoms with E-state index >= 15 is 0 Å². The minimum Gasteiger partial charge on any atom is -0.480 e. The second-order valence-electron chi connectivity index (χ2n) is 9.63. The van der Waals surface area contributed by atoms with Crippen LogP contribution in [0, 0.1) is 5.41 Å². The van der Waals surface area contributed by atoms with Gasteiger partial charge < -0.3 is 15.2 Å². The van der Waals surface area contributed by atoms with Gasteiger partial charge in [0.15, 0.2) is 0 Å². The molecule has 0 spiro atoms. The summed E-state index contributed by atoms with van der Waals surface area (Å²) >= 11 is 1.20. The number of nitrogens with zero attached hydrogens (tertiary/aromatic N) is 2. The Morgan fingerprint density at radius 1 is 1.18 bits per heavy atom. The first-order chi connectivity index (χ1) is 16.1. The van der Waals surface area contributed by atoms with Crippen LogP contribution in [0.15, 0.2) is 30.3 Å². The van der Waals surface area contributed by atoms with Crippen molar-refractivity contribution in [3.05, 3.63) is 35.9 Å². The summed E-state index contributed by atoms with van der Waals surface area (Å²) in [6, 6.07) is 7.79. The normalized spacial score (nSPS) is 22.0. The smallest absolute Gasteiger partial charge is 0.328 e. The summed E-state index contributed by atoms with van der Waals surface area (Å²) < 4.78 is 5.34. The van der Waals surface area contributed by atoms with Crippen molar-refractivity contribution in [2.75, 3.05) is 19.0 Å². The third-order valence-corrected chi connectivity index (χ3v) is 6.96. The maximum Gasteiger partial charge on any atom is 0.328 e. The average Bonchev–Trinajstić information content (AvgIpc) is 2.79. The van der Waals surface area contributed by atoms with Gasteiger partial charge in [-0.15, -0.1) is 11.8 Å². The van der Waals surface area contributed by atoms with Gasteiger partial charge in [-0.05, 0) is 52.0 Å². The van der Waals surface area contributed by atoms with Crippen molar-refractivity contribution in [2.45, 2.75) is 63.8 Å². The zero-order valence-corrected chi connectivity index (χ0v) is 20.7. The van der Waals surface area contributed by atoms with Gasteiger partial charge in [0, 0.05) is 13.1 Å². The molecule has 0 aliphatic carbocycles. The van der Waals surface area contributed by atoms with E-state index in [0.29, 0.717) is 38.8 Å². The molecule has 10 heteroatoms. The third-order valence-electron chi connectivity index (χ3n) is 5.92. The van der Waals surface area contributed by atoms with Crippen molar-refractivity contribution in [3.8, 4) is 0 Å². The van der Waals surface area contributed by atoms with Gasteiger partial charge in [-0.1, -0.05) is 30.3 Å². The first-order valence-corrected chi connectivity index (χ1v) is 12.6. The zero-order chi connectivity index (χ0) is 24.9. The van der Waals surface area contributed by atoms with Crippen molar-refractivity contribution in [2.24, 2.45) is 5.41 Å². The fraction of sp³-hybridized carbons (Fsp3) is 0.583. The quantitative estimate of drug-likeness (QED) is 0.419. The molecule has 186 valence electrons. The number of amides is 2. The number of aliphatic carboxylic acids is 1. The third kappa shape index (κ3) is 6.50. The molecule has 3 rings (SSSR count). The molecule has 1 aromatic rings. The molecule has 0 saturated carbocycles. The Morgan fingerprint density at radius 2 is 1.88 bits per heavy atom. The molecule has 0 radical (unpaired) electrons. The van der Waals surface area contributed by atoms with Crippen LogP contribution in [-0.4, -0.2) is 75.2 Å². The van der Waals surface area contributed by atoms with Crippen LogP contribution in [0.5, 0.6) is 0 Å². The molecular weight excluding hydrogens is 458 g/mol. The van der Waals surface area contributed by atoms with E-state index in [2.05, 4.69) is 5.32 Å². The Balaban J connectivity index is 1.68. The van der Waals surface area contributed by atoms with Crippen LogP contribution in [0.25, 0.3) is 0 Å². The molecule has 1 unspecified atom stereocenters. The molecule has 2 N–H and O–H groups in total. The molecule has 2 aliphatic heterocycles. The fourth-order valence-corrected chi connectivity index (χ4v) is 4.91. The number of fused-ring (bicyclic) bond motifs is 1. The summed E-state index contributed by atoms with van der Waals surface area (Å²) in [5, 5.41) is 14.9. The number of ether oxygens (including phenoxy) is 1. The average molecular weight is 492 g/mol. The van der Waals surface area contributed by atoms with Gasteiger partial charge in [-0.3, -0.25) is 19.4 Å². The molecule has 34 heavy (non-hydrogen) atoms. The van der Waals surface area contributed by atoms with Crippen molar-refractivity contribution < 1.29 is 29.0 Å². The van der Waals surface area contributed by atoms with E-state index in [1.54, 1.807) is 25.8 Å². The Bertz CT molecular complexity index is 904. The number of hydrogen-bond acceptors (Lipinski definition) is 7. The lowest BCUT2D eigenvalue weighted by Crippen LogP contribution is -2.66. The highest BCUT2D eigenvalue weighted by atomic mass is 32.2. The van der Waals surface area contributed by atoms with Crippen LogP contribution in [0.1, 0.15) is 45.6 Å². The van der Waals surface area contributed by atoms with Gasteiger partial charge in [-0.2, -0.15) is 0 Å². The van der Waals surface area contributed by atoms with Gasteiger partial charge in [0.25, 0.3) is 5.91 Å². The highest BCUT2D eigenvalue weighted by Gasteiger charge is 2.44. The number of rotatable bonds is 8. The van der Waals surface area contributed by atoms with Gasteiger partial charge in [0.1, 0.15) is 18.0 Å². The number of esters is 1. The second-order valence-corrected chi connectivity index (χ2v) is 10.8. The predicted molar refractivity (Wildman–Crippen MR) is 128 cm³/mol. The number of carboxylic acids is 1. The summed E-state index contributed by atoms with van der Waals surface area (Å²) in [6.07, 6.45) is 1.92. The summed E-state index contributed by atoms with van der Waals surface area (Å²) in [5.74, 6) is -2.11. The minimum atomic E-state index is -1.04. The molecule has 2 fully saturated rings. The van der Waals surface area contributed by atoms with Crippen LogP contribution in [0.4, 0.5) is 0 Å². The molecule has 2 saturated heterocycles. The minimum absolute atomic E-state index is 0.0145. The first-order valence-electron chi connectivity index (χ1n) is 11.5. The van der Waals surface area contributed by atoms with E-state index < -0.39 is 34.6 Å². The van der Waals surface area contributed by atoms with Crippen LogP contribution in [0.2, 0.25) is 0 Å². The molecule has 2 heterocycles. The molecule has 1 aromatic carbocycles. The Hall–Kier alpha value is -2.59. The summed E-state index contributed by atoms with van der Waals surface area (Å²) in [5.41, 5.74) is 0.299. The maximum absolute atomic E-state index is 13.2. The van der Waals surface area contributed by atoms with E-state index in [-0.39, 0.29) is 17.8 Å². The van der Waals surface area contributed by atoms with Crippen LogP contribution >= 0.6 is 11.8 Å². The number of carbonyl (C=O) groups is 4. The van der Waals surface area contributed by atoms with Gasteiger partial charge >= 0.3 is 11.9 Å². The molecule has 2 amide bonds. The van der Waals surface area contributed by atoms with Crippen LogP contribution < -0.4 is 5.32 Å². The van der Waals surface area contributed by atoms with E-state index in [0.717, 1.165) is 5.56 Å². The molecule has 0 bridgehead atoms. The second kappa shape index (κ2) is 11.2. The van der Waals surface area contributed by atoms with Crippen LogP contribution in [-0.2, 0) is 30.3 Å². The highest BCUT2D eigenvalue weighted by Crippen LogP contribution is 2.26. The molecular formula is C24H33N3O6S. The molecule has 0 aromatic heterocycles. The summed E-state index contributed by atoms with van der Waals surface area (Å²) in [7, 11) is 0.